The zero-order chi connectivity index (χ0) is 11.7. The van der Waals surface area contributed by atoms with Gasteiger partial charge in [-0.25, -0.2) is 4.79 Å². The first-order chi connectivity index (χ1) is 6.76. The van der Waals surface area contributed by atoms with Gasteiger partial charge in [0.2, 0.25) is 0 Å². The van der Waals surface area contributed by atoms with Gasteiger partial charge in [-0.2, -0.15) is 0 Å². The Morgan fingerprint density at radius 2 is 2.07 bits per heavy atom. The maximum atomic E-state index is 11.7. The van der Waals surface area contributed by atoms with Crippen molar-refractivity contribution in [3.05, 3.63) is 0 Å². The maximum Gasteiger partial charge on any atom is 0.410 e. The number of rotatable bonds is 1. The highest BCUT2D eigenvalue weighted by Crippen LogP contribution is 2.22. The third-order valence-corrected chi connectivity index (χ3v) is 2.73. The van der Waals surface area contributed by atoms with E-state index in [0.717, 1.165) is 19.5 Å². The number of nitrogens with one attached hydrogen (secondary N) is 1. The molecule has 0 saturated carbocycles. The second-order valence-corrected chi connectivity index (χ2v) is 5.46. The third kappa shape index (κ3) is 3.38. The van der Waals surface area contributed by atoms with Crippen molar-refractivity contribution in [3.8, 4) is 0 Å². The fourth-order valence-electron chi connectivity index (χ4n) is 1.65. The van der Waals surface area contributed by atoms with Crippen molar-refractivity contribution in [2.45, 2.75) is 45.3 Å². The quantitative estimate of drug-likeness (QED) is 0.721. The molecule has 1 aliphatic rings. The first-order valence-electron chi connectivity index (χ1n) is 5.43. The Hall–Kier alpha value is -0.770. The van der Waals surface area contributed by atoms with Gasteiger partial charge >= 0.3 is 6.09 Å². The van der Waals surface area contributed by atoms with E-state index in [9.17, 15) is 4.79 Å². The zero-order valence-electron chi connectivity index (χ0n) is 10.4. The Labute approximate surface area is 92.0 Å². The summed E-state index contributed by atoms with van der Waals surface area (Å²) in [6, 6.07) is 0. The molecule has 0 radical (unpaired) electrons. The number of hydrogen-bond acceptors (Lipinski definition) is 3. The summed E-state index contributed by atoms with van der Waals surface area (Å²) in [5.74, 6) is 0. The molecule has 1 rings (SSSR count). The van der Waals surface area contributed by atoms with Crippen molar-refractivity contribution in [2.75, 3.05) is 20.1 Å². The van der Waals surface area contributed by atoms with Gasteiger partial charge in [0.15, 0.2) is 0 Å². The smallest absolute Gasteiger partial charge is 0.410 e. The summed E-state index contributed by atoms with van der Waals surface area (Å²) in [5, 5.41) is 3.24. The average Bonchev–Trinajstić information content (AvgIpc) is 2.46. The van der Waals surface area contributed by atoms with Crippen LogP contribution in [0.5, 0.6) is 0 Å². The normalized spacial score (nSPS) is 26.9. The van der Waals surface area contributed by atoms with Crippen LogP contribution in [0.4, 0.5) is 4.79 Å². The van der Waals surface area contributed by atoms with E-state index in [0.29, 0.717) is 0 Å². The van der Waals surface area contributed by atoms with Crippen molar-refractivity contribution in [1.82, 2.24) is 10.2 Å². The SMILES string of the molecule is CNC1(C)CCN(C(=O)OC(C)(C)C)C1. The van der Waals surface area contributed by atoms with Crippen LogP contribution in [0, 0.1) is 0 Å². The molecule has 0 bridgehead atoms. The first-order valence-corrected chi connectivity index (χ1v) is 5.43. The lowest BCUT2D eigenvalue weighted by Gasteiger charge is -2.26. The van der Waals surface area contributed by atoms with Crippen molar-refractivity contribution in [1.29, 1.82) is 0 Å². The van der Waals surface area contributed by atoms with Gasteiger partial charge in [0.05, 0.1) is 0 Å². The van der Waals surface area contributed by atoms with Gasteiger partial charge in [0, 0.05) is 18.6 Å². The Morgan fingerprint density at radius 3 is 2.47 bits per heavy atom. The number of hydrogen-bond donors (Lipinski definition) is 1. The summed E-state index contributed by atoms with van der Waals surface area (Å²) in [6.45, 7) is 9.27. The second kappa shape index (κ2) is 4.00. The van der Waals surface area contributed by atoms with Crippen molar-refractivity contribution < 1.29 is 9.53 Å². The number of carbonyl (C=O) groups is 1. The highest BCUT2D eigenvalue weighted by molar-refractivity contribution is 5.68. The first kappa shape index (κ1) is 12.3. The lowest BCUT2D eigenvalue weighted by atomic mass is 10.0. The number of amides is 1. The molecule has 1 fully saturated rings. The number of likely N-dealkylation sites (N-methyl/N-ethyl adjacent to an activating group) is 1. The van der Waals surface area contributed by atoms with Crippen LogP contribution in [0.3, 0.4) is 0 Å². The molecule has 88 valence electrons. The van der Waals surface area contributed by atoms with E-state index in [1.165, 1.54) is 0 Å². The fourth-order valence-corrected chi connectivity index (χ4v) is 1.65. The minimum absolute atomic E-state index is 0.0386. The van der Waals surface area contributed by atoms with Gasteiger partial charge in [0.25, 0.3) is 0 Å². The van der Waals surface area contributed by atoms with E-state index < -0.39 is 5.60 Å². The Balaban J connectivity index is 2.51. The molecule has 1 amide bonds. The lowest BCUT2D eigenvalue weighted by Crippen LogP contribution is -2.44. The monoisotopic (exact) mass is 214 g/mol. The van der Waals surface area contributed by atoms with Gasteiger partial charge < -0.3 is 15.0 Å². The molecule has 1 unspecified atom stereocenters. The molecule has 1 aliphatic heterocycles. The number of carbonyl (C=O) groups excluding carboxylic acids is 1. The lowest BCUT2D eigenvalue weighted by molar-refractivity contribution is 0.0283. The highest BCUT2D eigenvalue weighted by atomic mass is 16.6. The third-order valence-electron chi connectivity index (χ3n) is 2.73. The van der Waals surface area contributed by atoms with Crippen LogP contribution in [0.15, 0.2) is 0 Å². The topological polar surface area (TPSA) is 41.6 Å². The Kier molecular flexibility index (Phi) is 3.28. The minimum Gasteiger partial charge on any atom is -0.444 e. The van der Waals surface area contributed by atoms with Gasteiger partial charge in [-0.15, -0.1) is 0 Å². The molecule has 1 atom stereocenters. The van der Waals surface area contributed by atoms with E-state index in [2.05, 4.69) is 12.2 Å². The van der Waals surface area contributed by atoms with Gasteiger partial charge in [0.1, 0.15) is 5.60 Å². The zero-order valence-corrected chi connectivity index (χ0v) is 10.4. The summed E-state index contributed by atoms with van der Waals surface area (Å²) in [7, 11) is 1.93. The molecule has 4 heteroatoms. The Bertz CT molecular complexity index is 247. The van der Waals surface area contributed by atoms with Gasteiger partial charge in [-0.3, -0.25) is 0 Å². The van der Waals surface area contributed by atoms with Crippen LogP contribution >= 0.6 is 0 Å². The molecular weight excluding hydrogens is 192 g/mol. The molecular formula is C11H22N2O2. The largest absolute Gasteiger partial charge is 0.444 e. The van der Waals surface area contributed by atoms with E-state index in [-0.39, 0.29) is 11.6 Å². The summed E-state index contributed by atoms with van der Waals surface area (Å²) in [6.07, 6.45) is 0.768. The van der Waals surface area contributed by atoms with Crippen molar-refractivity contribution >= 4 is 6.09 Å². The van der Waals surface area contributed by atoms with E-state index in [1.807, 2.05) is 27.8 Å². The number of nitrogens with zero attached hydrogens (tertiary/aromatic N) is 1. The maximum absolute atomic E-state index is 11.7. The summed E-state index contributed by atoms with van der Waals surface area (Å²) in [5.41, 5.74) is -0.368. The summed E-state index contributed by atoms with van der Waals surface area (Å²) in [4.78, 5) is 13.5. The molecule has 1 heterocycles. The molecule has 4 nitrogen and oxygen atoms in total. The standard InChI is InChI=1S/C11H22N2O2/c1-10(2,3)15-9(14)13-7-6-11(4,8-13)12-5/h12H,6-8H2,1-5H3. The number of ether oxygens (including phenoxy) is 1. The summed E-state index contributed by atoms with van der Waals surface area (Å²) < 4.78 is 5.32. The predicted molar refractivity (Wildman–Crippen MR) is 59.9 cm³/mol. The van der Waals surface area contributed by atoms with Crippen molar-refractivity contribution in [3.63, 3.8) is 0 Å². The average molecular weight is 214 g/mol. The molecule has 0 aliphatic carbocycles. The Morgan fingerprint density at radius 1 is 1.47 bits per heavy atom. The van der Waals surface area contributed by atoms with Crippen LogP contribution in [-0.4, -0.2) is 42.3 Å². The molecule has 0 aromatic rings. The minimum atomic E-state index is -0.407. The van der Waals surface area contributed by atoms with Gasteiger partial charge in [-0.1, -0.05) is 0 Å². The predicted octanol–water partition coefficient (Wildman–Crippen LogP) is 1.61. The van der Waals surface area contributed by atoms with Gasteiger partial charge in [-0.05, 0) is 41.2 Å². The number of likely N-dealkylation sites (tertiary alicyclic amines) is 1. The van der Waals surface area contributed by atoms with Crippen molar-refractivity contribution in [2.24, 2.45) is 0 Å². The summed E-state index contributed by atoms with van der Waals surface area (Å²) >= 11 is 0. The van der Waals surface area contributed by atoms with Crippen LogP contribution < -0.4 is 5.32 Å². The molecule has 0 aromatic heterocycles. The van der Waals surface area contributed by atoms with Crippen LogP contribution in [-0.2, 0) is 4.74 Å². The van der Waals surface area contributed by atoms with Crippen LogP contribution in [0.2, 0.25) is 0 Å². The molecule has 1 N–H and O–H groups in total. The fraction of sp³-hybridized carbons (Fsp3) is 0.909. The second-order valence-electron chi connectivity index (χ2n) is 5.46. The molecule has 15 heavy (non-hydrogen) atoms. The molecule has 0 aromatic carbocycles. The van der Waals surface area contributed by atoms with Crippen LogP contribution in [0.1, 0.15) is 34.1 Å². The van der Waals surface area contributed by atoms with E-state index in [4.69, 9.17) is 4.74 Å². The molecule has 0 spiro atoms. The highest BCUT2D eigenvalue weighted by Gasteiger charge is 2.36. The van der Waals surface area contributed by atoms with E-state index >= 15 is 0 Å². The van der Waals surface area contributed by atoms with E-state index in [1.54, 1.807) is 4.90 Å². The molecule has 1 saturated heterocycles. The van der Waals surface area contributed by atoms with Crippen LogP contribution in [0.25, 0.3) is 0 Å².